The molecule has 0 bridgehead atoms. The van der Waals surface area contributed by atoms with Crippen LogP contribution in [-0.4, -0.2) is 97.1 Å². The Morgan fingerprint density at radius 2 is 1.77 bits per heavy atom. The number of nitrogens with zero attached hydrogens (tertiary/aromatic N) is 3. The van der Waals surface area contributed by atoms with Crippen molar-refractivity contribution in [3.05, 3.63) is 82.9 Å². The van der Waals surface area contributed by atoms with Crippen molar-refractivity contribution in [1.29, 1.82) is 0 Å². The van der Waals surface area contributed by atoms with E-state index < -0.39 is 48.4 Å². The summed E-state index contributed by atoms with van der Waals surface area (Å²) >= 11 is 0. The van der Waals surface area contributed by atoms with Crippen LogP contribution in [-0.2, 0) is 11.3 Å². The predicted molar refractivity (Wildman–Crippen MR) is 152 cm³/mol. The van der Waals surface area contributed by atoms with Crippen LogP contribution in [0.3, 0.4) is 0 Å². The molecule has 3 N–H and O–H groups in total. The van der Waals surface area contributed by atoms with E-state index in [9.17, 15) is 37.4 Å². The minimum absolute atomic E-state index is 0. The van der Waals surface area contributed by atoms with Crippen molar-refractivity contribution in [3.8, 4) is 11.4 Å². The van der Waals surface area contributed by atoms with Crippen LogP contribution in [0.15, 0.2) is 54.6 Å². The minimum atomic E-state index is -4.87. The number of carboxylic acids is 1. The van der Waals surface area contributed by atoms with Crippen LogP contribution >= 0.6 is 0 Å². The van der Waals surface area contributed by atoms with E-state index in [0.717, 1.165) is 6.07 Å². The summed E-state index contributed by atoms with van der Waals surface area (Å²) < 4.78 is 57.0. The molecule has 2 aromatic carbocycles. The maximum atomic E-state index is 13.7. The van der Waals surface area contributed by atoms with E-state index in [0.29, 0.717) is 22.5 Å². The number of hydrogen-bond donors (Lipinski definition) is 3. The van der Waals surface area contributed by atoms with Gasteiger partial charge in [-0.1, -0.05) is 32.1 Å². The zero-order valence-electron chi connectivity index (χ0n) is 23.0. The van der Waals surface area contributed by atoms with E-state index in [1.807, 2.05) is 13.8 Å². The molecule has 0 saturated carbocycles. The first-order valence-corrected chi connectivity index (χ1v) is 12.9. The van der Waals surface area contributed by atoms with Crippen molar-refractivity contribution in [2.45, 2.75) is 57.7 Å². The van der Waals surface area contributed by atoms with E-state index in [1.165, 1.54) is 65.2 Å². The van der Waals surface area contributed by atoms with Crippen molar-refractivity contribution < 1.29 is 47.2 Å². The first-order valence-electron chi connectivity index (χ1n) is 12.9. The Balaban J connectivity index is 0.00000645. The number of alkyl halides is 3. The molecule has 3 rings (SSSR count). The monoisotopic (exact) mass is 617 g/mol. The molecule has 228 valence electrons. The van der Waals surface area contributed by atoms with Gasteiger partial charge in [0.05, 0.1) is 30.0 Å². The fourth-order valence-electron chi connectivity index (χ4n) is 4.32. The van der Waals surface area contributed by atoms with Crippen LogP contribution in [0.1, 0.15) is 59.9 Å². The third-order valence-corrected chi connectivity index (χ3v) is 6.11. The zero-order valence-corrected chi connectivity index (χ0v) is 23.0. The summed E-state index contributed by atoms with van der Waals surface area (Å²) in [7, 11) is 1.46. The van der Waals surface area contributed by atoms with Gasteiger partial charge >= 0.3 is 41.9 Å². The van der Waals surface area contributed by atoms with Crippen LogP contribution in [0.25, 0.3) is 11.8 Å². The summed E-state index contributed by atoms with van der Waals surface area (Å²) in [6.07, 6.45) is -5.38. The van der Waals surface area contributed by atoms with Crippen molar-refractivity contribution in [3.63, 3.8) is 0 Å². The van der Waals surface area contributed by atoms with Crippen LogP contribution < -0.4 is 4.74 Å². The van der Waals surface area contributed by atoms with E-state index in [-0.39, 0.29) is 54.1 Å². The second-order valence-electron chi connectivity index (χ2n) is 9.96. The van der Waals surface area contributed by atoms with Gasteiger partial charge in [-0.05, 0) is 54.0 Å². The molecule has 0 aliphatic carbocycles. The first-order chi connectivity index (χ1) is 19.6. The summed E-state index contributed by atoms with van der Waals surface area (Å²) in [5, 5.41) is 33.6. The molecule has 0 spiro atoms. The number of aromatic nitrogens is 2. The SMILES string of the molecule is CC(C)c1c(C(=O)N(C)Cc2cccc(OC(F)(F)F)c2)nn(-c2ccc(F)cc2)c1/C=C/[C@H](O)C[C@@H](O)CC(=O)O.[NaH]. The molecule has 0 radical (unpaired) electrons. The molecule has 3 aromatic rings. The van der Waals surface area contributed by atoms with Gasteiger partial charge < -0.3 is 25.0 Å². The van der Waals surface area contributed by atoms with Gasteiger partial charge in [-0.3, -0.25) is 9.59 Å². The number of halogens is 4. The quantitative estimate of drug-likeness (QED) is 0.205. The summed E-state index contributed by atoms with van der Waals surface area (Å²) in [5.41, 5.74) is 1.65. The molecule has 43 heavy (non-hydrogen) atoms. The topological polar surface area (TPSA) is 125 Å². The van der Waals surface area contributed by atoms with Gasteiger partial charge in [0.15, 0.2) is 5.69 Å². The number of ether oxygens (including phenoxy) is 1. The van der Waals surface area contributed by atoms with Gasteiger partial charge in [0, 0.05) is 25.6 Å². The van der Waals surface area contributed by atoms with Gasteiger partial charge in [-0.25, -0.2) is 9.07 Å². The number of rotatable bonds is 12. The van der Waals surface area contributed by atoms with Gasteiger partial charge in [-0.15, -0.1) is 13.2 Å². The Bertz CT molecular complexity index is 1430. The standard InChI is InChI=1S/C29H31F4N3O6.Na.H/c1-17(2)26-24(12-11-21(37)14-22(38)15-25(39)40)36(20-9-7-19(30)8-10-20)34-27(26)28(41)35(3)16-18-5-4-6-23(13-18)42-29(31,32)33;;/h4-13,17,21-22,37-38H,14-16H2,1-3H3,(H,39,40);;/b12-11+;;/t21-,22+;;/m0../s1. The number of benzene rings is 2. The van der Waals surface area contributed by atoms with Crippen molar-refractivity contribution >= 4 is 47.5 Å². The molecule has 0 aliphatic rings. The second-order valence-corrected chi connectivity index (χ2v) is 9.96. The first kappa shape index (κ1) is 36.0. The Morgan fingerprint density at radius 1 is 1.12 bits per heavy atom. The normalized spacial score (nSPS) is 13.1. The molecule has 0 fully saturated rings. The summed E-state index contributed by atoms with van der Waals surface area (Å²) in [6, 6.07) is 10.5. The molecule has 0 aliphatic heterocycles. The Labute approximate surface area is 267 Å². The molecular formula is C29H32F4N3NaO6. The molecule has 1 aromatic heterocycles. The van der Waals surface area contributed by atoms with Crippen molar-refractivity contribution in [1.82, 2.24) is 14.7 Å². The molecule has 9 nitrogen and oxygen atoms in total. The molecule has 0 saturated heterocycles. The molecule has 1 heterocycles. The molecule has 14 heteroatoms. The van der Waals surface area contributed by atoms with Crippen molar-refractivity contribution in [2.24, 2.45) is 0 Å². The number of carbonyl (C=O) groups is 2. The predicted octanol–water partition coefficient (Wildman–Crippen LogP) is 4.26. The van der Waals surface area contributed by atoms with Gasteiger partial charge in [0.2, 0.25) is 0 Å². The summed E-state index contributed by atoms with van der Waals surface area (Å²) in [5.74, 6) is -2.98. The van der Waals surface area contributed by atoms with Crippen LogP contribution in [0.2, 0.25) is 0 Å². The maximum absolute atomic E-state index is 13.7. The summed E-state index contributed by atoms with van der Waals surface area (Å²) in [6.45, 7) is 3.55. The second kappa shape index (κ2) is 15.5. The number of aliphatic carboxylic acids is 1. The number of aliphatic hydroxyl groups is 2. The van der Waals surface area contributed by atoms with Crippen molar-refractivity contribution in [2.75, 3.05) is 7.05 Å². The number of amides is 1. The van der Waals surface area contributed by atoms with E-state index in [2.05, 4.69) is 9.84 Å². The van der Waals surface area contributed by atoms with Gasteiger partial charge in [0.1, 0.15) is 11.6 Å². The van der Waals surface area contributed by atoms with E-state index in [4.69, 9.17) is 5.11 Å². The number of aliphatic hydroxyl groups excluding tert-OH is 2. The number of hydrogen-bond acceptors (Lipinski definition) is 6. The molecule has 2 atom stereocenters. The fraction of sp³-hybridized carbons (Fsp3) is 0.345. The van der Waals surface area contributed by atoms with Gasteiger partial charge in [-0.2, -0.15) is 5.10 Å². The average Bonchev–Trinajstić information content (AvgIpc) is 3.25. The summed E-state index contributed by atoms with van der Waals surface area (Å²) in [4.78, 5) is 25.8. The van der Waals surface area contributed by atoms with E-state index >= 15 is 0 Å². The zero-order chi connectivity index (χ0) is 31.2. The molecular weight excluding hydrogens is 585 g/mol. The van der Waals surface area contributed by atoms with E-state index in [1.54, 1.807) is 6.07 Å². The molecule has 0 unspecified atom stereocenters. The number of carboxylic acid groups (broad SMARTS) is 1. The molecule has 1 amide bonds. The number of carbonyl (C=O) groups excluding carboxylic acids is 1. The van der Waals surface area contributed by atoms with Crippen LogP contribution in [0, 0.1) is 5.82 Å². The Kier molecular flexibility index (Phi) is 12.9. The van der Waals surface area contributed by atoms with Gasteiger partial charge in [0.25, 0.3) is 5.91 Å². The fourth-order valence-corrected chi connectivity index (χ4v) is 4.32. The van der Waals surface area contributed by atoms with Crippen LogP contribution in [0.4, 0.5) is 17.6 Å². The third kappa shape index (κ3) is 10.5. The average molecular weight is 618 g/mol. The third-order valence-electron chi connectivity index (χ3n) is 6.11. The Hall–Kier alpha value is -3.23. The Morgan fingerprint density at radius 3 is 2.35 bits per heavy atom. The van der Waals surface area contributed by atoms with Crippen LogP contribution in [0.5, 0.6) is 5.75 Å².